The van der Waals surface area contributed by atoms with Crippen LogP contribution in [0.3, 0.4) is 0 Å². The fourth-order valence-electron chi connectivity index (χ4n) is 2.97. The van der Waals surface area contributed by atoms with Crippen molar-refractivity contribution in [3.63, 3.8) is 0 Å². The van der Waals surface area contributed by atoms with Gasteiger partial charge in [0.1, 0.15) is 0 Å². The van der Waals surface area contributed by atoms with Gasteiger partial charge in [-0.2, -0.15) is 11.8 Å². The molecule has 0 heterocycles. The number of hydrogen-bond donors (Lipinski definition) is 2. The third kappa shape index (κ3) is 4.38. The Balaban J connectivity index is 2.78. The highest BCUT2D eigenvalue weighted by Crippen LogP contribution is 2.36. The van der Waals surface area contributed by atoms with Crippen LogP contribution in [-0.2, 0) is 9.59 Å². The van der Waals surface area contributed by atoms with Crippen LogP contribution in [0.25, 0.3) is 0 Å². The summed E-state index contributed by atoms with van der Waals surface area (Å²) >= 11 is 1.66. The maximum Gasteiger partial charge on any atom is 0.305 e. The van der Waals surface area contributed by atoms with Crippen LogP contribution in [0.2, 0.25) is 0 Å². The fraction of sp³-hybridized carbons (Fsp3) is 0.857. The van der Waals surface area contributed by atoms with Crippen LogP contribution >= 0.6 is 11.8 Å². The molecule has 1 aliphatic rings. The molecule has 116 valence electrons. The Morgan fingerprint density at radius 3 is 2.45 bits per heavy atom. The first kappa shape index (κ1) is 17.3. The van der Waals surface area contributed by atoms with E-state index in [2.05, 4.69) is 0 Å². The van der Waals surface area contributed by atoms with Crippen molar-refractivity contribution in [3.05, 3.63) is 0 Å². The number of aliphatic carboxylic acids is 1. The molecule has 0 bridgehead atoms. The number of thioether (sulfide) groups is 1. The Hall–Kier alpha value is -0.750. The van der Waals surface area contributed by atoms with Gasteiger partial charge in [0.05, 0.1) is 18.0 Å². The average Bonchev–Trinajstić information content (AvgIpc) is 2.43. The van der Waals surface area contributed by atoms with E-state index in [1.807, 2.05) is 6.26 Å². The second-order valence-corrected chi connectivity index (χ2v) is 6.63. The van der Waals surface area contributed by atoms with Gasteiger partial charge in [-0.3, -0.25) is 9.59 Å². The zero-order valence-electron chi connectivity index (χ0n) is 12.4. The number of carbonyl (C=O) groups is 2. The molecule has 1 aliphatic carbocycles. The second kappa shape index (κ2) is 7.88. The van der Waals surface area contributed by atoms with Gasteiger partial charge in [0.2, 0.25) is 5.91 Å². The minimum absolute atomic E-state index is 0.0183. The predicted molar refractivity (Wildman–Crippen MR) is 81.8 cm³/mol. The van der Waals surface area contributed by atoms with Crippen molar-refractivity contribution >= 4 is 23.6 Å². The molecule has 0 aliphatic heterocycles. The van der Waals surface area contributed by atoms with E-state index in [1.54, 1.807) is 23.7 Å². The minimum Gasteiger partial charge on any atom is -0.481 e. The van der Waals surface area contributed by atoms with Crippen LogP contribution in [0.4, 0.5) is 0 Å². The first-order valence-corrected chi connectivity index (χ1v) is 8.56. The third-order valence-electron chi connectivity index (χ3n) is 4.26. The highest BCUT2D eigenvalue weighted by atomic mass is 32.2. The first-order valence-electron chi connectivity index (χ1n) is 7.17. The number of carboxylic acid groups (broad SMARTS) is 1. The molecule has 0 saturated heterocycles. The molecule has 1 amide bonds. The Kier molecular flexibility index (Phi) is 6.82. The van der Waals surface area contributed by atoms with Gasteiger partial charge in [0.25, 0.3) is 0 Å². The summed E-state index contributed by atoms with van der Waals surface area (Å²) in [7, 11) is 1.72. The molecule has 0 aromatic heterocycles. The lowest BCUT2D eigenvalue weighted by atomic mass is 9.77. The molecule has 1 rings (SSSR count). The maximum atomic E-state index is 12.4. The van der Waals surface area contributed by atoms with Gasteiger partial charge in [-0.1, -0.05) is 19.3 Å². The lowest BCUT2D eigenvalue weighted by Gasteiger charge is -2.44. The van der Waals surface area contributed by atoms with Gasteiger partial charge in [-0.25, -0.2) is 0 Å². The summed E-state index contributed by atoms with van der Waals surface area (Å²) in [4.78, 5) is 25.2. The third-order valence-corrected chi connectivity index (χ3v) is 4.90. The average molecular weight is 302 g/mol. The van der Waals surface area contributed by atoms with Crippen molar-refractivity contribution in [2.75, 3.05) is 19.1 Å². The van der Waals surface area contributed by atoms with Crippen molar-refractivity contribution < 1.29 is 14.7 Å². The molecule has 20 heavy (non-hydrogen) atoms. The van der Waals surface area contributed by atoms with E-state index in [0.29, 0.717) is 6.42 Å². The highest BCUT2D eigenvalue weighted by Gasteiger charge is 2.41. The number of rotatable bonds is 7. The second-order valence-electron chi connectivity index (χ2n) is 5.64. The maximum absolute atomic E-state index is 12.4. The van der Waals surface area contributed by atoms with Crippen LogP contribution in [0.15, 0.2) is 0 Å². The van der Waals surface area contributed by atoms with Crippen molar-refractivity contribution in [2.45, 2.75) is 56.5 Å². The molecule has 0 spiro atoms. The van der Waals surface area contributed by atoms with Gasteiger partial charge in [-0.05, 0) is 31.3 Å². The summed E-state index contributed by atoms with van der Waals surface area (Å²) in [6.07, 6.45) is 7.22. The minimum atomic E-state index is -0.843. The first-order chi connectivity index (χ1) is 9.43. The van der Waals surface area contributed by atoms with Gasteiger partial charge >= 0.3 is 5.97 Å². The van der Waals surface area contributed by atoms with Crippen LogP contribution in [0.5, 0.6) is 0 Å². The van der Waals surface area contributed by atoms with Crippen molar-refractivity contribution in [3.8, 4) is 0 Å². The molecular weight excluding hydrogens is 276 g/mol. The molecule has 5 nitrogen and oxygen atoms in total. The summed E-state index contributed by atoms with van der Waals surface area (Å²) < 4.78 is 0. The standard InChI is InChI=1S/C14H26N2O3S/c1-16(13(19)11(15)6-9-20-2)14(10-12(17)18)7-4-3-5-8-14/h11H,3-10,15H2,1-2H3,(H,17,18)/t11-/m1/s1. The number of amides is 1. The number of likely N-dealkylation sites (N-methyl/N-ethyl adjacent to an activating group) is 1. The number of hydrogen-bond acceptors (Lipinski definition) is 4. The van der Waals surface area contributed by atoms with Crippen LogP contribution < -0.4 is 5.73 Å². The summed E-state index contributed by atoms with van der Waals surface area (Å²) in [6, 6.07) is -0.528. The van der Waals surface area contributed by atoms with Gasteiger partial charge < -0.3 is 15.7 Å². The van der Waals surface area contributed by atoms with Gasteiger partial charge in [-0.15, -0.1) is 0 Å². The van der Waals surface area contributed by atoms with Crippen LogP contribution in [-0.4, -0.2) is 52.5 Å². The number of carbonyl (C=O) groups excluding carboxylic acids is 1. The quantitative estimate of drug-likeness (QED) is 0.748. The molecule has 0 aromatic carbocycles. The lowest BCUT2D eigenvalue weighted by molar-refractivity contribution is -0.146. The Morgan fingerprint density at radius 1 is 1.35 bits per heavy atom. The summed E-state index contributed by atoms with van der Waals surface area (Å²) in [5, 5.41) is 9.17. The Labute approximate surface area is 125 Å². The largest absolute Gasteiger partial charge is 0.481 e. The molecule has 6 heteroatoms. The van der Waals surface area contributed by atoms with Crippen LogP contribution in [0, 0.1) is 0 Å². The van der Waals surface area contributed by atoms with E-state index in [4.69, 9.17) is 10.8 Å². The van der Waals surface area contributed by atoms with E-state index in [-0.39, 0.29) is 12.3 Å². The molecule has 0 aromatic rings. The fourth-order valence-corrected chi connectivity index (χ4v) is 3.46. The number of carboxylic acids is 1. The van der Waals surface area contributed by atoms with E-state index in [1.165, 1.54) is 0 Å². The topological polar surface area (TPSA) is 83.6 Å². The highest BCUT2D eigenvalue weighted by molar-refractivity contribution is 7.98. The Bertz CT molecular complexity index is 343. The lowest BCUT2D eigenvalue weighted by Crippen LogP contribution is -2.56. The van der Waals surface area contributed by atoms with Crippen molar-refractivity contribution in [1.29, 1.82) is 0 Å². The molecular formula is C14H26N2O3S. The van der Waals surface area contributed by atoms with E-state index < -0.39 is 17.6 Å². The van der Waals surface area contributed by atoms with E-state index in [0.717, 1.165) is 37.9 Å². The normalized spacial score (nSPS) is 19.4. The summed E-state index contributed by atoms with van der Waals surface area (Å²) in [5.41, 5.74) is 5.41. The smallest absolute Gasteiger partial charge is 0.305 e. The van der Waals surface area contributed by atoms with E-state index >= 15 is 0 Å². The SMILES string of the molecule is CSCC[C@@H](N)C(=O)N(C)C1(CC(=O)O)CCCCC1. The Morgan fingerprint density at radius 2 is 1.95 bits per heavy atom. The molecule has 1 atom stereocenters. The van der Waals surface area contributed by atoms with Crippen molar-refractivity contribution in [1.82, 2.24) is 4.90 Å². The summed E-state index contributed by atoms with van der Waals surface area (Å²) in [6.45, 7) is 0. The zero-order valence-corrected chi connectivity index (χ0v) is 13.2. The van der Waals surface area contributed by atoms with Crippen LogP contribution in [0.1, 0.15) is 44.9 Å². The molecule has 1 fully saturated rings. The van der Waals surface area contributed by atoms with E-state index in [9.17, 15) is 9.59 Å². The molecule has 0 unspecified atom stereocenters. The van der Waals surface area contributed by atoms with Gasteiger partial charge in [0, 0.05) is 7.05 Å². The van der Waals surface area contributed by atoms with Gasteiger partial charge in [0.15, 0.2) is 0 Å². The zero-order chi connectivity index (χ0) is 15.2. The summed E-state index contributed by atoms with van der Waals surface area (Å²) in [5.74, 6) is -0.126. The van der Waals surface area contributed by atoms with Crippen molar-refractivity contribution in [2.24, 2.45) is 5.73 Å². The molecule has 3 N–H and O–H groups in total. The molecule has 1 saturated carbocycles. The molecule has 0 radical (unpaired) electrons. The number of nitrogens with zero attached hydrogens (tertiary/aromatic N) is 1. The monoisotopic (exact) mass is 302 g/mol. The predicted octanol–water partition coefficient (Wildman–Crippen LogP) is 1.70. The number of nitrogens with two attached hydrogens (primary N) is 1.